The van der Waals surface area contributed by atoms with Crippen molar-refractivity contribution in [2.75, 3.05) is 5.32 Å². The number of fused-ring (bicyclic) bond motifs is 1. The molecule has 7 nitrogen and oxygen atoms in total. The Hall–Kier alpha value is -4.04. The Morgan fingerprint density at radius 1 is 1.08 bits per heavy atom. The lowest BCUT2D eigenvalue weighted by atomic mass is 10.1. The van der Waals surface area contributed by atoms with Gasteiger partial charge < -0.3 is 5.32 Å². The third-order valence-corrected chi connectivity index (χ3v) is 7.26. The average molecular weight is 493 g/mol. The first kappa shape index (κ1) is 22.4. The highest BCUT2D eigenvalue weighted by Crippen LogP contribution is 2.40. The molecule has 0 spiro atoms. The molecule has 1 aliphatic rings. The van der Waals surface area contributed by atoms with E-state index in [0.717, 1.165) is 46.0 Å². The molecule has 36 heavy (non-hydrogen) atoms. The van der Waals surface area contributed by atoms with Crippen LogP contribution in [0.1, 0.15) is 46.1 Å². The van der Waals surface area contributed by atoms with Gasteiger partial charge in [0.25, 0.3) is 5.91 Å². The smallest absolute Gasteiger partial charge is 0.256 e. The summed E-state index contributed by atoms with van der Waals surface area (Å²) in [7, 11) is 0. The molecule has 6 rings (SSSR count). The summed E-state index contributed by atoms with van der Waals surface area (Å²) in [5.41, 5.74) is 4.87. The van der Waals surface area contributed by atoms with E-state index in [-0.39, 0.29) is 5.91 Å². The lowest BCUT2D eigenvalue weighted by molar-refractivity contribution is 0.102. The number of aromatic nitrogens is 5. The zero-order valence-corrected chi connectivity index (χ0v) is 20.6. The van der Waals surface area contributed by atoms with Crippen molar-refractivity contribution in [2.45, 2.75) is 36.3 Å². The molecule has 0 atom stereocenters. The number of amides is 1. The summed E-state index contributed by atoms with van der Waals surface area (Å²) in [5.74, 6) is 1.76. The molecule has 1 N–H and O–H groups in total. The second-order valence-corrected chi connectivity index (χ2v) is 9.93. The van der Waals surface area contributed by atoms with Gasteiger partial charge in [-0.25, -0.2) is 9.97 Å². The highest BCUT2D eigenvalue weighted by atomic mass is 32.2. The van der Waals surface area contributed by atoms with Crippen LogP contribution in [-0.4, -0.2) is 30.6 Å². The molecule has 1 aliphatic carbocycles. The van der Waals surface area contributed by atoms with E-state index >= 15 is 0 Å². The number of nitrogens with one attached hydrogen (secondary N) is 1. The van der Waals surface area contributed by atoms with Crippen molar-refractivity contribution < 1.29 is 4.79 Å². The predicted octanol–water partition coefficient (Wildman–Crippen LogP) is 5.94. The van der Waals surface area contributed by atoms with Gasteiger partial charge in [-0.1, -0.05) is 12.1 Å². The standard InChI is InChI=1S/C28H24N6OS/c1-18-26-23(15-24(20-7-8-20)32-27(26)34(33-18)25-6-2-3-14-30-25)28(35)31-21-9-11-22(12-10-21)36-17-19-5-4-13-29-16-19/h2-6,9-16,20H,7-8,17H2,1H3,(H,31,35). The zero-order chi connectivity index (χ0) is 24.5. The van der Waals surface area contributed by atoms with Gasteiger partial charge in [-0.3, -0.25) is 9.78 Å². The molecule has 1 saturated carbocycles. The Bertz CT molecular complexity index is 1530. The number of benzene rings is 1. The van der Waals surface area contributed by atoms with Gasteiger partial charge in [0, 0.05) is 46.5 Å². The molecule has 1 fully saturated rings. The SMILES string of the molecule is Cc1nn(-c2ccccn2)c2nc(C3CC3)cc(C(=O)Nc3ccc(SCc4cccnc4)cc3)c12. The number of nitrogens with zero attached hydrogens (tertiary/aromatic N) is 5. The van der Waals surface area contributed by atoms with Crippen molar-refractivity contribution in [3.8, 4) is 5.82 Å². The number of rotatable bonds is 7. The first-order chi connectivity index (χ1) is 17.7. The highest BCUT2D eigenvalue weighted by Gasteiger charge is 2.29. The quantitative estimate of drug-likeness (QED) is 0.283. The van der Waals surface area contributed by atoms with Crippen molar-refractivity contribution >= 4 is 34.4 Å². The third-order valence-electron chi connectivity index (χ3n) is 6.18. The number of hydrogen-bond donors (Lipinski definition) is 1. The predicted molar refractivity (Wildman–Crippen MR) is 142 cm³/mol. The van der Waals surface area contributed by atoms with Gasteiger partial charge in [0.1, 0.15) is 0 Å². The Morgan fingerprint density at radius 2 is 1.94 bits per heavy atom. The van der Waals surface area contributed by atoms with Crippen LogP contribution in [0.5, 0.6) is 0 Å². The largest absolute Gasteiger partial charge is 0.322 e. The van der Waals surface area contributed by atoms with Crippen LogP contribution in [0.2, 0.25) is 0 Å². The van der Waals surface area contributed by atoms with E-state index in [1.54, 1.807) is 28.8 Å². The number of carbonyl (C=O) groups is 1. The van der Waals surface area contributed by atoms with Crippen LogP contribution in [0, 0.1) is 6.92 Å². The topological polar surface area (TPSA) is 85.6 Å². The Morgan fingerprint density at radius 3 is 2.67 bits per heavy atom. The monoisotopic (exact) mass is 492 g/mol. The zero-order valence-electron chi connectivity index (χ0n) is 19.8. The third kappa shape index (κ3) is 4.59. The van der Waals surface area contributed by atoms with E-state index in [9.17, 15) is 4.79 Å². The molecule has 5 aromatic rings. The van der Waals surface area contributed by atoms with E-state index in [1.165, 1.54) is 5.56 Å². The molecule has 0 aliphatic heterocycles. The van der Waals surface area contributed by atoms with Gasteiger partial charge in [-0.15, -0.1) is 11.8 Å². The Labute approximate surface area is 213 Å². The van der Waals surface area contributed by atoms with Crippen molar-refractivity contribution in [1.29, 1.82) is 0 Å². The molecular weight excluding hydrogens is 468 g/mol. The van der Waals surface area contributed by atoms with E-state index < -0.39 is 0 Å². The number of anilines is 1. The average Bonchev–Trinajstić information content (AvgIpc) is 3.72. The van der Waals surface area contributed by atoms with Crippen LogP contribution >= 0.6 is 11.8 Å². The summed E-state index contributed by atoms with van der Waals surface area (Å²) in [5, 5.41) is 8.52. The number of carbonyl (C=O) groups excluding carboxylic acids is 1. The van der Waals surface area contributed by atoms with Gasteiger partial charge in [-0.2, -0.15) is 9.78 Å². The maximum atomic E-state index is 13.5. The molecule has 0 radical (unpaired) electrons. The van der Waals surface area contributed by atoms with Crippen LogP contribution in [0.25, 0.3) is 16.9 Å². The normalized spacial score (nSPS) is 13.1. The molecule has 4 heterocycles. The molecule has 1 aromatic carbocycles. The highest BCUT2D eigenvalue weighted by molar-refractivity contribution is 7.98. The van der Waals surface area contributed by atoms with Gasteiger partial charge in [0.05, 0.1) is 16.6 Å². The molecule has 178 valence electrons. The van der Waals surface area contributed by atoms with Crippen molar-refractivity contribution in [3.63, 3.8) is 0 Å². The molecule has 0 unspecified atom stereocenters. The fraction of sp³-hybridized carbons (Fsp3) is 0.179. The lowest BCUT2D eigenvalue weighted by Crippen LogP contribution is -2.13. The molecule has 0 saturated heterocycles. The van der Waals surface area contributed by atoms with E-state index in [1.807, 2.05) is 67.7 Å². The van der Waals surface area contributed by atoms with Crippen LogP contribution in [0.3, 0.4) is 0 Å². The van der Waals surface area contributed by atoms with Crippen molar-refractivity contribution in [2.24, 2.45) is 0 Å². The van der Waals surface area contributed by atoms with Gasteiger partial charge in [-0.05, 0) is 73.9 Å². The van der Waals surface area contributed by atoms with E-state index in [4.69, 9.17) is 10.1 Å². The first-order valence-electron chi connectivity index (χ1n) is 11.9. The van der Waals surface area contributed by atoms with Gasteiger partial charge in [0.2, 0.25) is 0 Å². The summed E-state index contributed by atoms with van der Waals surface area (Å²) < 4.78 is 1.74. The summed E-state index contributed by atoms with van der Waals surface area (Å²) in [6, 6.07) is 19.6. The summed E-state index contributed by atoms with van der Waals surface area (Å²) in [6.45, 7) is 1.91. The minimum Gasteiger partial charge on any atom is -0.322 e. The number of thioether (sulfide) groups is 1. The van der Waals surface area contributed by atoms with Crippen LogP contribution in [0.15, 0.2) is 84.1 Å². The Balaban J connectivity index is 1.28. The summed E-state index contributed by atoms with van der Waals surface area (Å²) >= 11 is 1.74. The van der Waals surface area contributed by atoms with Gasteiger partial charge in [0.15, 0.2) is 11.5 Å². The van der Waals surface area contributed by atoms with Crippen molar-refractivity contribution in [1.82, 2.24) is 24.7 Å². The van der Waals surface area contributed by atoms with Crippen LogP contribution in [-0.2, 0) is 5.75 Å². The van der Waals surface area contributed by atoms with Crippen LogP contribution < -0.4 is 5.32 Å². The molecule has 0 bridgehead atoms. The Kier molecular flexibility index (Phi) is 5.95. The lowest BCUT2D eigenvalue weighted by Gasteiger charge is -2.10. The molecule has 8 heteroatoms. The van der Waals surface area contributed by atoms with Crippen molar-refractivity contribution in [3.05, 3.63) is 102 Å². The fourth-order valence-electron chi connectivity index (χ4n) is 4.20. The maximum absolute atomic E-state index is 13.5. The molecular formula is C28H24N6OS. The minimum atomic E-state index is -0.163. The molecule has 1 amide bonds. The second kappa shape index (κ2) is 9.54. The van der Waals surface area contributed by atoms with Gasteiger partial charge >= 0.3 is 0 Å². The maximum Gasteiger partial charge on any atom is 0.256 e. The number of pyridine rings is 3. The van der Waals surface area contributed by atoms with Crippen LogP contribution in [0.4, 0.5) is 5.69 Å². The first-order valence-corrected chi connectivity index (χ1v) is 12.9. The second-order valence-electron chi connectivity index (χ2n) is 8.88. The fourth-order valence-corrected chi connectivity index (χ4v) is 5.03. The minimum absolute atomic E-state index is 0.163. The summed E-state index contributed by atoms with van der Waals surface area (Å²) in [4.78, 5) is 28.2. The number of hydrogen-bond acceptors (Lipinski definition) is 6. The van der Waals surface area contributed by atoms with E-state index in [2.05, 4.69) is 21.4 Å². The van der Waals surface area contributed by atoms with E-state index in [0.29, 0.717) is 22.9 Å². The molecule has 4 aromatic heterocycles. The summed E-state index contributed by atoms with van der Waals surface area (Å²) in [6.07, 6.45) is 7.57. The number of aryl methyl sites for hydroxylation is 1.